The van der Waals surface area contributed by atoms with Gasteiger partial charge in [-0.1, -0.05) is 103 Å². The van der Waals surface area contributed by atoms with Crippen molar-refractivity contribution < 1.29 is 18.0 Å². The zero-order valence-electron chi connectivity index (χ0n) is 24.9. The number of benzene rings is 4. The van der Waals surface area contributed by atoms with Gasteiger partial charge in [-0.15, -0.1) is 0 Å². The van der Waals surface area contributed by atoms with Gasteiger partial charge < -0.3 is 10.2 Å². The number of sulfonamides is 1. The minimum Gasteiger partial charge on any atom is -0.354 e. The molecule has 0 saturated heterocycles. The van der Waals surface area contributed by atoms with Crippen molar-refractivity contribution in [2.24, 2.45) is 0 Å². The van der Waals surface area contributed by atoms with Crippen LogP contribution in [0.5, 0.6) is 0 Å². The third-order valence-corrected chi connectivity index (χ3v) is 8.98. The highest BCUT2D eigenvalue weighted by atomic mass is 32.2. The molecule has 0 radical (unpaired) electrons. The summed E-state index contributed by atoms with van der Waals surface area (Å²) in [4.78, 5) is 29.7. The Hall–Kier alpha value is -4.43. The van der Waals surface area contributed by atoms with Crippen LogP contribution >= 0.6 is 0 Å². The van der Waals surface area contributed by atoms with Gasteiger partial charge in [0.1, 0.15) is 12.6 Å². The highest BCUT2D eigenvalue weighted by Gasteiger charge is 2.34. The van der Waals surface area contributed by atoms with E-state index in [9.17, 15) is 18.0 Å². The molecule has 4 rings (SSSR count). The summed E-state index contributed by atoms with van der Waals surface area (Å²) in [5.41, 5.74) is 4.10. The van der Waals surface area contributed by atoms with E-state index < -0.39 is 28.5 Å². The van der Waals surface area contributed by atoms with Crippen molar-refractivity contribution in [2.45, 2.75) is 51.1 Å². The minimum atomic E-state index is -4.11. The molecule has 0 fully saturated rings. The molecular weight excluding hydrogens is 558 g/mol. The number of nitrogens with one attached hydrogen (secondary N) is 1. The van der Waals surface area contributed by atoms with E-state index >= 15 is 0 Å². The molecule has 0 aliphatic rings. The summed E-state index contributed by atoms with van der Waals surface area (Å²) in [6.45, 7) is 5.99. The molecule has 8 heteroatoms. The zero-order chi connectivity index (χ0) is 30.8. The fourth-order valence-electron chi connectivity index (χ4n) is 4.89. The average molecular weight is 598 g/mol. The summed E-state index contributed by atoms with van der Waals surface area (Å²) >= 11 is 0. The summed E-state index contributed by atoms with van der Waals surface area (Å²) in [6.07, 6.45) is 1.02. The van der Waals surface area contributed by atoms with Crippen LogP contribution in [0.4, 0.5) is 5.69 Å². The standard InChI is InChI=1S/C35H39N3O4S/c1-4-22-36-35(40)33(24-29-13-7-5-8-14-29)37(25-30-15-11-12-28(3)23-30)34(39)26-38(31-20-18-27(2)19-21-31)43(41,42)32-16-9-6-10-17-32/h5-21,23,33H,4,22,24-26H2,1-3H3,(H,36,40)/t33-/m1/s1. The molecule has 0 aliphatic heterocycles. The molecule has 1 atom stereocenters. The normalized spacial score (nSPS) is 11.9. The third-order valence-electron chi connectivity index (χ3n) is 7.19. The Morgan fingerprint density at radius 2 is 1.40 bits per heavy atom. The first kappa shape index (κ1) is 31.5. The van der Waals surface area contributed by atoms with E-state index in [1.165, 1.54) is 17.0 Å². The second-order valence-corrected chi connectivity index (χ2v) is 12.5. The smallest absolute Gasteiger partial charge is 0.264 e. The molecule has 0 unspecified atom stereocenters. The topological polar surface area (TPSA) is 86.8 Å². The first-order chi connectivity index (χ1) is 20.7. The summed E-state index contributed by atoms with van der Waals surface area (Å²) in [5, 5.41) is 2.97. The molecule has 43 heavy (non-hydrogen) atoms. The van der Waals surface area contributed by atoms with Crippen molar-refractivity contribution in [1.29, 1.82) is 0 Å². The first-order valence-electron chi connectivity index (χ1n) is 14.5. The molecule has 224 valence electrons. The number of rotatable bonds is 13. The van der Waals surface area contributed by atoms with E-state index in [1.54, 1.807) is 30.3 Å². The van der Waals surface area contributed by atoms with Gasteiger partial charge in [0.2, 0.25) is 11.8 Å². The summed E-state index contributed by atoms with van der Waals surface area (Å²) < 4.78 is 29.1. The SMILES string of the molecule is CCCNC(=O)[C@@H](Cc1ccccc1)N(Cc1cccc(C)c1)C(=O)CN(c1ccc(C)cc1)S(=O)(=O)c1ccccc1. The number of hydrogen-bond donors (Lipinski definition) is 1. The Bertz CT molecular complexity index is 1610. The number of hydrogen-bond acceptors (Lipinski definition) is 4. The van der Waals surface area contributed by atoms with E-state index in [4.69, 9.17) is 0 Å². The number of nitrogens with zero attached hydrogens (tertiary/aromatic N) is 2. The van der Waals surface area contributed by atoms with Crippen LogP contribution in [0.25, 0.3) is 0 Å². The summed E-state index contributed by atoms with van der Waals surface area (Å²) in [5.74, 6) is -0.756. The van der Waals surface area contributed by atoms with Crippen LogP contribution in [0.2, 0.25) is 0 Å². The Labute approximate surface area is 255 Å². The highest BCUT2D eigenvalue weighted by Crippen LogP contribution is 2.25. The van der Waals surface area contributed by atoms with Crippen LogP contribution in [-0.4, -0.2) is 44.3 Å². The van der Waals surface area contributed by atoms with Gasteiger partial charge in [-0.3, -0.25) is 13.9 Å². The fraction of sp³-hybridized carbons (Fsp3) is 0.257. The van der Waals surface area contributed by atoms with Crippen molar-refractivity contribution in [1.82, 2.24) is 10.2 Å². The lowest BCUT2D eigenvalue weighted by Crippen LogP contribution is -2.53. The fourth-order valence-corrected chi connectivity index (χ4v) is 6.32. The molecular formula is C35H39N3O4S. The molecule has 0 heterocycles. The van der Waals surface area contributed by atoms with Crippen LogP contribution in [0.1, 0.15) is 35.6 Å². The summed E-state index contributed by atoms with van der Waals surface area (Å²) in [6, 6.07) is 31.6. The molecule has 4 aromatic rings. The molecule has 2 amide bonds. The Morgan fingerprint density at radius 1 is 0.767 bits per heavy atom. The van der Waals surface area contributed by atoms with E-state index in [-0.39, 0.29) is 23.8 Å². The molecule has 7 nitrogen and oxygen atoms in total. The molecule has 1 N–H and O–H groups in total. The molecule has 0 bridgehead atoms. The second kappa shape index (κ2) is 14.6. The predicted molar refractivity (Wildman–Crippen MR) is 171 cm³/mol. The third kappa shape index (κ3) is 8.32. The lowest BCUT2D eigenvalue weighted by Gasteiger charge is -2.34. The van der Waals surface area contributed by atoms with Crippen molar-refractivity contribution >= 4 is 27.5 Å². The van der Waals surface area contributed by atoms with E-state index in [0.717, 1.165) is 33.0 Å². The Balaban J connectivity index is 1.78. The predicted octanol–water partition coefficient (Wildman–Crippen LogP) is 5.67. The maximum atomic E-state index is 14.4. The van der Waals surface area contributed by atoms with Crippen molar-refractivity contribution in [3.05, 3.63) is 131 Å². The quantitative estimate of drug-likeness (QED) is 0.215. The molecule has 4 aromatic carbocycles. The van der Waals surface area contributed by atoms with Crippen LogP contribution in [0.3, 0.4) is 0 Å². The van der Waals surface area contributed by atoms with Gasteiger partial charge in [0.05, 0.1) is 10.6 Å². The van der Waals surface area contributed by atoms with Crippen LogP contribution in [-0.2, 0) is 32.6 Å². The Kier molecular flexibility index (Phi) is 10.7. The van der Waals surface area contributed by atoms with Gasteiger partial charge in [-0.25, -0.2) is 8.42 Å². The lowest BCUT2D eigenvalue weighted by molar-refractivity contribution is -0.140. The highest BCUT2D eigenvalue weighted by molar-refractivity contribution is 7.92. The van der Waals surface area contributed by atoms with Gasteiger partial charge >= 0.3 is 0 Å². The second-order valence-electron chi connectivity index (χ2n) is 10.7. The zero-order valence-corrected chi connectivity index (χ0v) is 25.8. The number of amides is 2. The molecule has 0 aromatic heterocycles. The lowest BCUT2D eigenvalue weighted by atomic mass is 10.0. The first-order valence-corrected chi connectivity index (χ1v) is 15.9. The van der Waals surface area contributed by atoms with Crippen LogP contribution in [0.15, 0.2) is 114 Å². The monoisotopic (exact) mass is 597 g/mol. The van der Waals surface area contributed by atoms with Crippen LogP contribution in [0, 0.1) is 13.8 Å². The van der Waals surface area contributed by atoms with E-state index in [1.807, 2.05) is 87.5 Å². The van der Waals surface area contributed by atoms with Crippen LogP contribution < -0.4 is 9.62 Å². The number of aryl methyl sites for hydroxylation is 2. The van der Waals surface area contributed by atoms with Gasteiger partial charge in [0.25, 0.3) is 10.0 Å². The Morgan fingerprint density at radius 3 is 2.02 bits per heavy atom. The van der Waals surface area contributed by atoms with Gasteiger partial charge in [0.15, 0.2) is 0 Å². The van der Waals surface area contributed by atoms with Gasteiger partial charge in [-0.2, -0.15) is 0 Å². The molecule has 0 spiro atoms. The summed E-state index contributed by atoms with van der Waals surface area (Å²) in [7, 11) is -4.11. The van der Waals surface area contributed by atoms with Crippen molar-refractivity contribution in [3.63, 3.8) is 0 Å². The van der Waals surface area contributed by atoms with Crippen molar-refractivity contribution in [2.75, 3.05) is 17.4 Å². The van der Waals surface area contributed by atoms with Gasteiger partial charge in [-0.05, 0) is 55.7 Å². The number of anilines is 1. The minimum absolute atomic E-state index is 0.0788. The number of carbonyl (C=O) groups is 2. The van der Waals surface area contributed by atoms with E-state index in [2.05, 4.69) is 5.32 Å². The molecule has 0 aliphatic carbocycles. The van der Waals surface area contributed by atoms with E-state index in [0.29, 0.717) is 12.2 Å². The largest absolute Gasteiger partial charge is 0.354 e. The molecule has 0 saturated carbocycles. The maximum absolute atomic E-state index is 14.4. The number of carbonyl (C=O) groups excluding carboxylic acids is 2. The van der Waals surface area contributed by atoms with Crippen molar-refractivity contribution in [3.8, 4) is 0 Å². The van der Waals surface area contributed by atoms with Gasteiger partial charge in [0, 0.05) is 19.5 Å². The maximum Gasteiger partial charge on any atom is 0.264 e. The average Bonchev–Trinajstić information content (AvgIpc) is 3.01.